The molecule has 9 heteroatoms. The van der Waals surface area contributed by atoms with Gasteiger partial charge in [-0.2, -0.15) is 0 Å². The molecule has 1 heterocycles. The standard InChI is InChI=1S/C24H20BrN3O4S/c1-31-17-11-12-20(21(13-17)32-2)26-22(29)14-33-24-27-19-6-4-3-5-18(19)23(30)28(24)16-9-7-15(25)8-10-16/h3-13H,14H2,1-2H3,(H,26,29). The van der Waals surface area contributed by atoms with E-state index in [1.54, 1.807) is 43.5 Å². The van der Waals surface area contributed by atoms with Crippen molar-refractivity contribution in [3.63, 3.8) is 0 Å². The number of carbonyl (C=O) groups is 1. The van der Waals surface area contributed by atoms with Crippen molar-refractivity contribution in [2.75, 3.05) is 25.3 Å². The number of thioether (sulfide) groups is 1. The minimum atomic E-state index is -0.256. The molecule has 33 heavy (non-hydrogen) atoms. The number of fused-ring (bicyclic) bond motifs is 1. The number of hydrogen-bond acceptors (Lipinski definition) is 6. The first kappa shape index (κ1) is 22.9. The Morgan fingerprint density at radius 2 is 1.82 bits per heavy atom. The fourth-order valence-electron chi connectivity index (χ4n) is 3.25. The first-order chi connectivity index (χ1) is 16.0. The number of rotatable bonds is 7. The summed E-state index contributed by atoms with van der Waals surface area (Å²) in [6, 6.07) is 19.7. The average Bonchev–Trinajstić information content (AvgIpc) is 2.84. The van der Waals surface area contributed by atoms with Crippen molar-refractivity contribution in [2.24, 2.45) is 0 Å². The van der Waals surface area contributed by atoms with Crippen LogP contribution in [0.1, 0.15) is 0 Å². The Kier molecular flexibility index (Phi) is 7.00. The molecule has 1 N–H and O–H groups in total. The largest absolute Gasteiger partial charge is 0.497 e. The average molecular weight is 526 g/mol. The maximum absolute atomic E-state index is 13.3. The van der Waals surface area contributed by atoms with Gasteiger partial charge in [0.05, 0.1) is 42.3 Å². The molecule has 1 amide bonds. The van der Waals surface area contributed by atoms with Crippen molar-refractivity contribution < 1.29 is 14.3 Å². The number of aromatic nitrogens is 2. The molecule has 0 aliphatic carbocycles. The van der Waals surface area contributed by atoms with Crippen LogP contribution in [0.5, 0.6) is 11.5 Å². The van der Waals surface area contributed by atoms with Gasteiger partial charge < -0.3 is 14.8 Å². The van der Waals surface area contributed by atoms with Gasteiger partial charge in [0, 0.05) is 10.5 Å². The molecule has 0 fully saturated rings. The van der Waals surface area contributed by atoms with Gasteiger partial charge in [-0.15, -0.1) is 0 Å². The predicted molar refractivity (Wildman–Crippen MR) is 134 cm³/mol. The number of benzene rings is 3. The molecule has 0 bridgehead atoms. The molecule has 4 aromatic rings. The minimum absolute atomic E-state index is 0.0521. The van der Waals surface area contributed by atoms with E-state index in [0.717, 1.165) is 4.47 Å². The second kappa shape index (κ2) is 10.1. The Balaban J connectivity index is 1.63. The molecule has 0 spiro atoms. The van der Waals surface area contributed by atoms with Crippen LogP contribution in [-0.2, 0) is 4.79 Å². The highest BCUT2D eigenvalue weighted by atomic mass is 79.9. The van der Waals surface area contributed by atoms with Gasteiger partial charge in [-0.3, -0.25) is 14.2 Å². The van der Waals surface area contributed by atoms with Crippen LogP contribution in [0.25, 0.3) is 16.6 Å². The van der Waals surface area contributed by atoms with Gasteiger partial charge in [0.1, 0.15) is 11.5 Å². The summed E-state index contributed by atoms with van der Waals surface area (Å²) in [6.07, 6.45) is 0. The van der Waals surface area contributed by atoms with E-state index in [1.807, 2.05) is 30.3 Å². The van der Waals surface area contributed by atoms with Gasteiger partial charge in [-0.1, -0.05) is 39.8 Å². The molecule has 0 aliphatic heterocycles. The highest BCUT2D eigenvalue weighted by molar-refractivity contribution is 9.10. The van der Waals surface area contributed by atoms with E-state index in [1.165, 1.54) is 23.4 Å². The molecule has 0 aliphatic rings. The number of carbonyl (C=O) groups excluding carboxylic acids is 1. The van der Waals surface area contributed by atoms with Crippen molar-refractivity contribution in [2.45, 2.75) is 5.16 Å². The number of para-hydroxylation sites is 1. The van der Waals surface area contributed by atoms with Gasteiger partial charge in [0.2, 0.25) is 5.91 Å². The van der Waals surface area contributed by atoms with Crippen LogP contribution in [0, 0.1) is 0 Å². The van der Waals surface area contributed by atoms with Crippen LogP contribution in [0.15, 0.2) is 81.2 Å². The fourth-order valence-corrected chi connectivity index (χ4v) is 4.32. The van der Waals surface area contributed by atoms with Crippen LogP contribution >= 0.6 is 27.7 Å². The molecule has 3 aromatic carbocycles. The second-order valence-corrected chi connectivity index (χ2v) is 8.79. The monoisotopic (exact) mass is 525 g/mol. The zero-order valence-corrected chi connectivity index (χ0v) is 20.3. The Hall–Kier alpha value is -3.30. The lowest BCUT2D eigenvalue weighted by Crippen LogP contribution is -2.23. The molecule has 7 nitrogen and oxygen atoms in total. The molecule has 1 aromatic heterocycles. The summed E-state index contributed by atoms with van der Waals surface area (Å²) in [5, 5.41) is 3.78. The van der Waals surface area contributed by atoms with Crippen molar-refractivity contribution in [3.8, 4) is 17.2 Å². The zero-order chi connectivity index (χ0) is 23.4. The number of nitrogens with one attached hydrogen (secondary N) is 1. The molecular formula is C24H20BrN3O4S. The van der Waals surface area contributed by atoms with Gasteiger partial charge >= 0.3 is 0 Å². The Labute approximate surface area is 202 Å². The number of amides is 1. The highest BCUT2D eigenvalue weighted by Crippen LogP contribution is 2.29. The topological polar surface area (TPSA) is 82.5 Å². The zero-order valence-electron chi connectivity index (χ0n) is 17.9. The molecule has 168 valence electrons. The van der Waals surface area contributed by atoms with E-state index >= 15 is 0 Å². The number of anilines is 1. The maximum atomic E-state index is 13.3. The lowest BCUT2D eigenvalue weighted by molar-refractivity contribution is -0.113. The first-order valence-electron chi connectivity index (χ1n) is 9.92. The van der Waals surface area contributed by atoms with E-state index in [9.17, 15) is 9.59 Å². The predicted octanol–water partition coefficient (Wildman–Crippen LogP) is 4.90. The summed E-state index contributed by atoms with van der Waals surface area (Å²) in [7, 11) is 3.08. The molecule has 0 atom stereocenters. The summed E-state index contributed by atoms with van der Waals surface area (Å²) < 4.78 is 13.0. The van der Waals surface area contributed by atoms with Crippen molar-refractivity contribution in [1.29, 1.82) is 0 Å². The molecule has 0 saturated carbocycles. The number of hydrogen-bond donors (Lipinski definition) is 1. The Bertz CT molecular complexity index is 1370. The lowest BCUT2D eigenvalue weighted by Gasteiger charge is -2.14. The first-order valence-corrected chi connectivity index (χ1v) is 11.7. The summed E-state index contributed by atoms with van der Waals surface area (Å²) in [6.45, 7) is 0. The van der Waals surface area contributed by atoms with E-state index in [-0.39, 0.29) is 17.2 Å². The Morgan fingerprint density at radius 3 is 2.55 bits per heavy atom. The van der Waals surface area contributed by atoms with Crippen molar-refractivity contribution >= 4 is 50.2 Å². The summed E-state index contributed by atoms with van der Waals surface area (Å²) in [5.74, 6) is 0.908. The Morgan fingerprint density at radius 1 is 1.06 bits per heavy atom. The fraction of sp³-hybridized carbons (Fsp3) is 0.125. The SMILES string of the molecule is COc1ccc(NC(=O)CSc2nc3ccccc3c(=O)n2-c2ccc(Br)cc2)c(OC)c1. The maximum Gasteiger partial charge on any atom is 0.266 e. The number of nitrogens with zero attached hydrogens (tertiary/aromatic N) is 2. The number of halogens is 1. The van der Waals surface area contributed by atoms with Crippen molar-refractivity contribution in [3.05, 3.63) is 81.6 Å². The van der Waals surface area contributed by atoms with Crippen LogP contribution in [0.2, 0.25) is 0 Å². The third-order valence-corrected chi connectivity index (χ3v) is 6.31. The van der Waals surface area contributed by atoms with Crippen LogP contribution in [0.4, 0.5) is 5.69 Å². The number of methoxy groups -OCH3 is 2. The molecule has 0 radical (unpaired) electrons. The van der Waals surface area contributed by atoms with Crippen molar-refractivity contribution in [1.82, 2.24) is 9.55 Å². The molecule has 4 rings (SSSR count). The molecule has 0 unspecified atom stereocenters. The second-order valence-electron chi connectivity index (χ2n) is 6.93. The van der Waals surface area contributed by atoms with Gasteiger partial charge in [0.15, 0.2) is 5.16 Å². The minimum Gasteiger partial charge on any atom is -0.497 e. The van der Waals surface area contributed by atoms with Crippen LogP contribution in [0.3, 0.4) is 0 Å². The van der Waals surface area contributed by atoms with Gasteiger partial charge in [0.25, 0.3) is 5.56 Å². The van der Waals surface area contributed by atoms with E-state index in [4.69, 9.17) is 9.47 Å². The van der Waals surface area contributed by atoms with Gasteiger partial charge in [-0.25, -0.2) is 4.98 Å². The van der Waals surface area contributed by atoms with Gasteiger partial charge in [-0.05, 0) is 48.5 Å². The van der Waals surface area contributed by atoms with E-state index < -0.39 is 0 Å². The van der Waals surface area contributed by atoms with E-state index in [0.29, 0.717) is 38.9 Å². The third kappa shape index (κ3) is 5.04. The number of ether oxygens (including phenoxy) is 2. The summed E-state index contributed by atoms with van der Waals surface area (Å²) in [4.78, 5) is 30.7. The normalized spacial score (nSPS) is 10.8. The third-order valence-electron chi connectivity index (χ3n) is 4.84. The molecule has 0 saturated heterocycles. The lowest BCUT2D eigenvalue weighted by atomic mass is 10.2. The summed E-state index contributed by atoms with van der Waals surface area (Å²) in [5.41, 5.74) is 1.58. The summed E-state index contributed by atoms with van der Waals surface area (Å²) >= 11 is 4.60. The van der Waals surface area contributed by atoms with E-state index in [2.05, 4.69) is 26.2 Å². The van der Waals surface area contributed by atoms with Crippen LogP contribution in [-0.4, -0.2) is 35.4 Å². The highest BCUT2D eigenvalue weighted by Gasteiger charge is 2.16. The smallest absolute Gasteiger partial charge is 0.266 e. The van der Waals surface area contributed by atoms with Crippen LogP contribution < -0.4 is 20.3 Å². The molecular weight excluding hydrogens is 506 g/mol. The quantitative estimate of drug-likeness (QED) is 0.273.